The van der Waals surface area contributed by atoms with Crippen molar-refractivity contribution in [3.05, 3.63) is 35.9 Å². The van der Waals surface area contributed by atoms with Crippen LogP contribution < -0.4 is 0 Å². The first-order valence-corrected chi connectivity index (χ1v) is 4.82. The Bertz CT molecular complexity index is 283. The molecular formula is C11H14O3Ta. The van der Waals surface area contributed by atoms with Gasteiger partial charge in [-0.05, 0) is 0 Å². The predicted octanol–water partition coefficient (Wildman–Crippen LogP) is 1.27. The summed E-state index contributed by atoms with van der Waals surface area (Å²) in [6.07, 6.45) is 0.483. The molecule has 0 unspecified atom stereocenters. The molecule has 0 bridgehead atoms. The van der Waals surface area contributed by atoms with Gasteiger partial charge in [0.15, 0.2) is 5.79 Å². The standard InChI is InChI=1S/C11H14O3.Ta/c12-7-6-11(13-8-9-14-11)10-4-2-1-3-5-10;/h1-5,12H,6-9H2;. The van der Waals surface area contributed by atoms with Crippen LogP contribution in [0.4, 0.5) is 0 Å². The molecule has 4 heteroatoms. The van der Waals surface area contributed by atoms with Crippen LogP contribution >= 0.6 is 0 Å². The van der Waals surface area contributed by atoms with Crippen molar-refractivity contribution in [2.24, 2.45) is 0 Å². The summed E-state index contributed by atoms with van der Waals surface area (Å²) in [7, 11) is 0. The maximum absolute atomic E-state index is 8.99. The summed E-state index contributed by atoms with van der Waals surface area (Å²) < 4.78 is 11.2. The topological polar surface area (TPSA) is 38.7 Å². The molecule has 1 N–H and O–H groups in total. The maximum atomic E-state index is 8.99. The van der Waals surface area contributed by atoms with Crippen molar-refractivity contribution < 1.29 is 37.0 Å². The molecule has 1 aromatic rings. The van der Waals surface area contributed by atoms with Crippen LogP contribution in [-0.2, 0) is 37.6 Å². The zero-order valence-electron chi connectivity index (χ0n) is 8.43. The zero-order chi connectivity index (χ0) is 9.86. The number of rotatable bonds is 3. The van der Waals surface area contributed by atoms with Gasteiger partial charge in [-0.25, -0.2) is 0 Å². The van der Waals surface area contributed by atoms with Crippen LogP contribution in [0.5, 0.6) is 0 Å². The fourth-order valence-corrected chi connectivity index (χ4v) is 1.75. The fraction of sp³-hybridized carbons (Fsp3) is 0.455. The van der Waals surface area contributed by atoms with E-state index >= 15 is 0 Å². The number of hydrogen-bond donors (Lipinski definition) is 1. The molecule has 1 aromatic carbocycles. The molecule has 1 radical (unpaired) electrons. The van der Waals surface area contributed by atoms with Crippen LogP contribution in [0, 0.1) is 0 Å². The first-order valence-electron chi connectivity index (χ1n) is 4.82. The van der Waals surface area contributed by atoms with E-state index in [1.165, 1.54) is 0 Å². The molecule has 0 amide bonds. The van der Waals surface area contributed by atoms with Gasteiger partial charge in [0.25, 0.3) is 0 Å². The van der Waals surface area contributed by atoms with Gasteiger partial charge < -0.3 is 14.6 Å². The summed E-state index contributed by atoms with van der Waals surface area (Å²) in [5, 5.41) is 8.99. The Morgan fingerprint density at radius 1 is 1.13 bits per heavy atom. The monoisotopic (exact) mass is 375 g/mol. The quantitative estimate of drug-likeness (QED) is 0.865. The minimum Gasteiger partial charge on any atom is -0.396 e. The van der Waals surface area contributed by atoms with Gasteiger partial charge in [-0.15, -0.1) is 0 Å². The van der Waals surface area contributed by atoms with Crippen molar-refractivity contribution in [3.63, 3.8) is 0 Å². The van der Waals surface area contributed by atoms with E-state index in [2.05, 4.69) is 0 Å². The Hall–Kier alpha value is -0.160. The van der Waals surface area contributed by atoms with Gasteiger partial charge in [-0.3, -0.25) is 0 Å². The zero-order valence-corrected chi connectivity index (χ0v) is 11.6. The van der Waals surface area contributed by atoms with Crippen molar-refractivity contribution in [3.8, 4) is 0 Å². The van der Waals surface area contributed by atoms with Gasteiger partial charge in [0.1, 0.15) is 0 Å². The molecule has 0 spiro atoms. The molecule has 0 aromatic heterocycles. The maximum Gasteiger partial charge on any atom is 0.197 e. The third kappa shape index (κ3) is 2.69. The van der Waals surface area contributed by atoms with Crippen LogP contribution in [0.2, 0.25) is 0 Å². The second-order valence-electron chi connectivity index (χ2n) is 3.29. The molecule has 1 aliphatic rings. The van der Waals surface area contributed by atoms with Crippen LogP contribution in [0.25, 0.3) is 0 Å². The summed E-state index contributed by atoms with van der Waals surface area (Å²) in [5.41, 5.74) is 0.978. The van der Waals surface area contributed by atoms with Crippen LogP contribution in [0.15, 0.2) is 30.3 Å². The van der Waals surface area contributed by atoms with E-state index < -0.39 is 5.79 Å². The molecular weight excluding hydrogens is 361 g/mol. The average Bonchev–Trinajstić information content (AvgIpc) is 2.70. The van der Waals surface area contributed by atoms with Gasteiger partial charge in [0.2, 0.25) is 0 Å². The molecule has 1 aliphatic heterocycles. The Labute approximate surface area is 105 Å². The van der Waals surface area contributed by atoms with Gasteiger partial charge in [-0.1, -0.05) is 30.3 Å². The first-order chi connectivity index (χ1) is 6.87. The minimum atomic E-state index is -0.712. The van der Waals surface area contributed by atoms with E-state index in [9.17, 15) is 0 Å². The predicted molar refractivity (Wildman–Crippen MR) is 51.7 cm³/mol. The van der Waals surface area contributed by atoms with Crippen molar-refractivity contribution in [2.45, 2.75) is 12.2 Å². The summed E-state index contributed by atoms with van der Waals surface area (Å²) >= 11 is 0. The molecule has 1 fully saturated rings. The summed E-state index contributed by atoms with van der Waals surface area (Å²) in [5.74, 6) is -0.712. The molecule has 2 rings (SSSR count). The Morgan fingerprint density at radius 2 is 1.73 bits per heavy atom. The third-order valence-electron chi connectivity index (χ3n) is 2.41. The largest absolute Gasteiger partial charge is 0.396 e. The van der Waals surface area contributed by atoms with E-state index in [4.69, 9.17) is 14.6 Å². The Morgan fingerprint density at radius 3 is 2.27 bits per heavy atom. The Balaban J connectivity index is 0.00000112. The first kappa shape index (κ1) is 12.9. The van der Waals surface area contributed by atoms with E-state index in [0.29, 0.717) is 19.6 Å². The number of aliphatic hydroxyl groups is 1. The van der Waals surface area contributed by atoms with Crippen molar-refractivity contribution in [1.82, 2.24) is 0 Å². The Kier molecular flexibility index (Phi) is 4.99. The average molecular weight is 375 g/mol. The fourth-order valence-electron chi connectivity index (χ4n) is 1.75. The summed E-state index contributed by atoms with van der Waals surface area (Å²) in [6, 6.07) is 9.76. The summed E-state index contributed by atoms with van der Waals surface area (Å²) in [6.45, 7) is 1.25. The summed E-state index contributed by atoms with van der Waals surface area (Å²) in [4.78, 5) is 0. The molecule has 0 aliphatic carbocycles. The number of benzene rings is 1. The van der Waals surface area contributed by atoms with Crippen molar-refractivity contribution in [2.75, 3.05) is 19.8 Å². The smallest absolute Gasteiger partial charge is 0.197 e. The molecule has 1 heterocycles. The SMILES string of the molecule is OCCC1(c2ccccc2)OCCO1.[Ta]. The van der Waals surface area contributed by atoms with Gasteiger partial charge in [0, 0.05) is 41.0 Å². The molecule has 3 nitrogen and oxygen atoms in total. The normalized spacial score (nSPS) is 18.5. The van der Waals surface area contributed by atoms with Crippen molar-refractivity contribution in [1.29, 1.82) is 0 Å². The van der Waals surface area contributed by atoms with Gasteiger partial charge in [0.05, 0.1) is 13.2 Å². The number of aliphatic hydroxyl groups excluding tert-OH is 1. The molecule has 15 heavy (non-hydrogen) atoms. The van der Waals surface area contributed by atoms with Crippen LogP contribution in [-0.4, -0.2) is 24.9 Å². The van der Waals surface area contributed by atoms with Crippen LogP contribution in [0.1, 0.15) is 12.0 Å². The second-order valence-corrected chi connectivity index (χ2v) is 3.29. The van der Waals surface area contributed by atoms with E-state index in [-0.39, 0.29) is 29.0 Å². The minimum absolute atomic E-state index is 0. The molecule has 81 valence electrons. The van der Waals surface area contributed by atoms with Gasteiger partial charge in [-0.2, -0.15) is 0 Å². The second kappa shape index (κ2) is 5.80. The molecule has 0 atom stereocenters. The van der Waals surface area contributed by atoms with Crippen molar-refractivity contribution >= 4 is 0 Å². The van der Waals surface area contributed by atoms with E-state index in [1.54, 1.807) is 0 Å². The van der Waals surface area contributed by atoms with Gasteiger partial charge >= 0.3 is 0 Å². The van der Waals surface area contributed by atoms with Crippen LogP contribution in [0.3, 0.4) is 0 Å². The van der Waals surface area contributed by atoms with E-state index in [1.807, 2.05) is 30.3 Å². The van der Waals surface area contributed by atoms with E-state index in [0.717, 1.165) is 5.56 Å². The number of ether oxygens (including phenoxy) is 2. The molecule has 0 saturated carbocycles. The number of hydrogen-bond acceptors (Lipinski definition) is 3. The molecule has 1 saturated heterocycles. The third-order valence-corrected chi connectivity index (χ3v) is 2.41.